The summed E-state index contributed by atoms with van der Waals surface area (Å²) in [6.45, 7) is 0.0278. The van der Waals surface area contributed by atoms with Gasteiger partial charge in [-0.25, -0.2) is 22.7 Å². The second-order valence-corrected chi connectivity index (χ2v) is 10.7. The van der Waals surface area contributed by atoms with Crippen LogP contribution in [0.3, 0.4) is 0 Å². The zero-order valence-electron chi connectivity index (χ0n) is 18.4. The molecule has 3 rings (SSSR count). The van der Waals surface area contributed by atoms with Crippen molar-refractivity contribution in [2.75, 3.05) is 6.61 Å². The van der Waals surface area contributed by atoms with Gasteiger partial charge in [-0.05, 0) is 25.0 Å². The SMILES string of the molecule is Cc1cn([C@@H]2O[C@H](COP(=O)(O)OP(=O)(O)O)[C@H](O)C2O)c(=O)n(CCc2ccc(F)cc2F)c1=O. The van der Waals surface area contributed by atoms with Crippen LogP contribution in [0.15, 0.2) is 34.0 Å². The monoisotopic (exact) mass is 558 g/mol. The van der Waals surface area contributed by atoms with Crippen LogP contribution >= 0.6 is 15.6 Å². The maximum absolute atomic E-state index is 13.9. The number of phosphoric acid groups is 2. The predicted octanol–water partition coefficient (Wildman–Crippen LogP) is -0.315. The van der Waals surface area contributed by atoms with Gasteiger partial charge < -0.3 is 29.6 Å². The van der Waals surface area contributed by atoms with E-state index in [1.54, 1.807) is 0 Å². The van der Waals surface area contributed by atoms with Gasteiger partial charge in [0.1, 0.15) is 29.9 Å². The fourth-order valence-electron chi connectivity index (χ4n) is 3.52. The minimum atomic E-state index is -5.40. The summed E-state index contributed by atoms with van der Waals surface area (Å²) in [6.07, 6.45) is -5.91. The van der Waals surface area contributed by atoms with Crippen molar-refractivity contribution < 1.29 is 56.4 Å². The van der Waals surface area contributed by atoms with Gasteiger partial charge in [0.05, 0.1) is 6.61 Å². The number of phosphoric ester groups is 1. The molecule has 200 valence electrons. The first-order chi connectivity index (χ1) is 16.6. The van der Waals surface area contributed by atoms with E-state index in [1.165, 1.54) is 6.92 Å². The maximum Gasteiger partial charge on any atom is 0.481 e. The van der Waals surface area contributed by atoms with Crippen molar-refractivity contribution in [3.8, 4) is 0 Å². The Morgan fingerprint density at radius 2 is 1.78 bits per heavy atom. The van der Waals surface area contributed by atoms with Crippen LogP contribution in [0, 0.1) is 18.6 Å². The first-order valence-electron chi connectivity index (χ1n) is 10.1. The van der Waals surface area contributed by atoms with E-state index in [2.05, 4.69) is 8.83 Å². The number of halogens is 2. The van der Waals surface area contributed by atoms with Gasteiger partial charge in [0.15, 0.2) is 6.23 Å². The minimum Gasteiger partial charge on any atom is -0.387 e. The van der Waals surface area contributed by atoms with E-state index in [0.29, 0.717) is 6.07 Å². The van der Waals surface area contributed by atoms with Crippen LogP contribution in [0.2, 0.25) is 0 Å². The number of aliphatic hydroxyl groups excluding tert-OH is 2. The lowest BCUT2D eigenvalue weighted by molar-refractivity contribution is -0.0549. The van der Waals surface area contributed by atoms with E-state index >= 15 is 0 Å². The molecule has 1 aliphatic heterocycles. The molecule has 5 atom stereocenters. The Morgan fingerprint density at radius 3 is 2.39 bits per heavy atom. The summed E-state index contributed by atoms with van der Waals surface area (Å²) in [4.78, 5) is 52.2. The highest BCUT2D eigenvalue weighted by atomic mass is 31.3. The van der Waals surface area contributed by atoms with Gasteiger partial charge in [-0.15, -0.1) is 0 Å². The summed E-state index contributed by atoms with van der Waals surface area (Å²) in [7, 11) is -10.7. The van der Waals surface area contributed by atoms with Gasteiger partial charge in [0.2, 0.25) is 0 Å². The molecule has 0 radical (unpaired) electrons. The highest BCUT2D eigenvalue weighted by molar-refractivity contribution is 7.60. The number of nitrogens with zero attached hydrogens (tertiary/aromatic N) is 2. The number of ether oxygens (including phenoxy) is 1. The Hall–Kier alpha value is -2.10. The average molecular weight is 558 g/mol. The van der Waals surface area contributed by atoms with Crippen molar-refractivity contribution in [1.82, 2.24) is 9.13 Å². The molecule has 0 amide bonds. The van der Waals surface area contributed by atoms with Crippen LogP contribution in [0.5, 0.6) is 0 Å². The summed E-state index contributed by atoms with van der Waals surface area (Å²) in [5.41, 5.74) is -1.70. The van der Waals surface area contributed by atoms with Gasteiger partial charge >= 0.3 is 21.3 Å². The second-order valence-electron chi connectivity index (χ2n) is 7.83. The molecule has 36 heavy (non-hydrogen) atoms. The minimum absolute atomic E-state index is 0.00840. The highest BCUT2D eigenvalue weighted by Gasteiger charge is 2.46. The van der Waals surface area contributed by atoms with Crippen LogP contribution in [0.25, 0.3) is 0 Å². The van der Waals surface area contributed by atoms with E-state index in [-0.39, 0.29) is 24.1 Å². The lowest BCUT2D eigenvalue weighted by atomic mass is 10.1. The zero-order valence-corrected chi connectivity index (χ0v) is 20.2. The first-order valence-corrected chi connectivity index (χ1v) is 13.1. The number of benzene rings is 1. The lowest BCUT2D eigenvalue weighted by Crippen LogP contribution is -2.44. The second kappa shape index (κ2) is 10.7. The van der Waals surface area contributed by atoms with Crippen molar-refractivity contribution >= 4 is 15.6 Å². The normalized spacial score (nSPS) is 24.1. The lowest BCUT2D eigenvalue weighted by Gasteiger charge is -2.20. The molecule has 2 aromatic rings. The molecule has 1 fully saturated rings. The topological polar surface area (TPSA) is 207 Å². The molecule has 1 aliphatic rings. The summed E-state index contributed by atoms with van der Waals surface area (Å²) < 4.78 is 64.3. The fraction of sp³-hybridized carbons (Fsp3) is 0.444. The Bertz CT molecular complexity index is 1340. The summed E-state index contributed by atoms with van der Waals surface area (Å²) in [6, 6.07) is 2.82. The van der Waals surface area contributed by atoms with E-state index in [4.69, 9.17) is 14.5 Å². The molecule has 1 aromatic heterocycles. The zero-order chi connectivity index (χ0) is 27.0. The Labute approximate surface area is 200 Å². The van der Waals surface area contributed by atoms with Crippen LogP contribution in [0.4, 0.5) is 8.78 Å². The van der Waals surface area contributed by atoms with Crippen molar-refractivity contribution in [3.63, 3.8) is 0 Å². The molecule has 18 heteroatoms. The number of aliphatic hydroxyl groups is 2. The number of aryl methyl sites for hydroxylation is 2. The standard InChI is InChI=1S/C18H22F2N2O12P2/c1-9-7-22(18(26)21(16(9)25)5-4-10-2-3-11(19)6-12(10)20)17-15(24)14(23)13(33-17)8-32-36(30,31)34-35(27,28)29/h2-3,6-7,13-15,17,23-24H,4-5,8H2,1H3,(H,30,31)(H2,27,28,29)/t13-,14+,15?,17-/m1/s1. The molecular weight excluding hydrogens is 536 g/mol. The third kappa shape index (κ3) is 6.61. The highest BCUT2D eigenvalue weighted by Crippen LogP contribution is 2.57. The largest absolute Gasteiger partial charge is 0.481 e. The summed E-state index contributed by atoms with van der Waals surface area (Å²) >= 11 is 0. The summed E-state index contributed by atoms with van der Waals surface area (Å²) in [5, 5.41) is 20.6. The van der Waals surface area contributed by atoms with E-state index in [0.717, 1.165) is 27.5 Å². The maximum atomic E-state index is 13.9. The Balaban J connectivity index is 1.82. The molecular formula is C18H22F2N2O12P2. The van der Waals surface area contributed by atoms with Gasteiger partial charge in [-0.2, -0.15) is 4.31 Å². The van der Waals surface area contributed by atoms with Crippen LogP contribution in [-0.4, -0.2) is 58.9 Å². The average Bonchev–Trinajstić information content (AvgIpc) is 3.03. The third-order valence-electron chi connectivity index (χ3n) is 5.21. The van der Waals surface area contributed by atoms with Gasteiger partial charge in [0.25, 0.3) is 5.56 Å². The van der Waals surface area contributed by atoms with Crippen molar-refractivity contribution in [2.24, 2.45) is 0 Å². The molecule has 1 saturated heterocycles. The fourth-order valence-corrected chi connectivity index (χ4v) is 5.12. The molecule has 2 heterocycles. The van der Waals surface area contributed by atoms with Crippen molar-refractivity contribution in [1.29, 1.82) is 0 Å². The quantitative estimate of drug-likeness (QED) is 0.251. The molecule has 0 aliphatic carbocycles. The summed E-state index contributed by atoms with van der Waals surface area (Å²) in [5.74, 6) is -1.68. The molecule has 2 unspecified atom stereocenters. The smallest absolute Gasteiger partial charge is 0.387 e. The van der Waals surface area contributed by atoms with Crippen LogP contribution in [-0.2, 0) is 35.7 Å². The van der Waals surface area contributed by atoms with Gasteiger partial charge in [0, 0.05) is 24.4 Å². The van der Waals surface area contributed by atoms with E-state index in [9.17, 15) is 42.6 Å². The Kier molecular flexibility index (Phi) is 8.47. The van der Waals surface area contributed by atoms with Crippen LogP contribution < -0.4 is 11.2 Å². The van der Waals surface area contributed by atoms with E-state index in [1.807, 2.05) is 0 Å². The molecule has 0 bridgehead atoms. The molecule has 0 spiro atoms. The van der Waals surface area contributed by atoms with Gasteiger partial charge in [-0.1, -0.05) is 6.07 Å². The molecule has 0 saturated carbocycles. The Morgan fingerprint density at radius 1 is 1.11 bits per heavy atom. The molecule has 14 nitrogen and oxygen atoms in total. The van der Waals surface area contributed by atoms with Crippen LogP contribution in [0.1, 0.15) is 17.4 Å². The van der Waals surface area contributed by atoms with Crippen molar-refractivity contribution in [2.45, 2.75) is 44.4 Å². The molecule has 1 aromatic carbocycles. The third-order valence-corrected chi connectivity index (χ3v) is 7.36. The van der Waals surface area contributed by atoms with Crippen molar-refractivity contribution in [3.05, 3.63) is 68.0 Å². The number of hydrogen-bond acceptors (Lipinski definition) is 9. The molecule has 5 N–H and O–H groups in total. The van der Waals surface area contributed by atoms with E-state index < -0.39 is 69.7 Å². The number of aromatic nitrogens is 2. The first kappa shape index (κ1) is 28.5. The predicted molar refractivity (Wildman–Crippen MR) is 115 cm³/mol. The number of rotatable bonds is 9. The van der Waals surface area contributed by atoms with Gasteiger partial charge in [-0.3, -0.25) is 18.5 Å². The number of hydrogen-bond donors (Lipinski definition) is 5.